The molecule has 1 N–H and O–H groups in total. The summed E-state index contributed by atoms with van der Waals surface area (Å²) in [5.41, 5.74) is 1.43. The highest BCUT2D eigenvalue weighted by Crippen LogP contribution is 2.56. The molecule has 0 amide bonds. The molecular formula is C16H25NO3. The Balaban J connectivity index is 2.04. The fourth-order valence-electron chi connectivity index (χ4n) is 2.79. The van der Waals surface area contributed by atoms with Crippen LogP contribution in [-0.2, 0) is 10.2 Å². The van der Waals surface area contributed by atoms with Gasteiger partial charge < -0.3 is 19.5 Å². The Hall–Kier alpha value is -1.26. The van der Waals surface area contributed by atoms with E-state index in [0.29, 0.717) is 5.92 Å². The van der Waals surface area contributed by atoms with Crippen LogP contribution in [0.2, 0.25) is 0 Å². The lowest BCUT2D eigenvalue weighted by Gasteiger charge is -2.17. The molecule has 1 saturated carbocycles. The zero-order valence-electron chi connectivity index (χ0n) is 12.9. The Morgan fingerprint density at radius 2 is 2.05 bits per heavy atom. The van der Waals surface area contributed by atoms with E-state index < -0.39 is 0 Å². The maximum atomic E-state index is 5.51. The molecule has 1 aliphatic carbocycles. The summed E-state index contributed by atoms with van der Waals surface area (Å²) in [5.74, 6) is 2.48. The van der Waals surface area contributed by atoms with E-state index in [9.17, 15) is 0 Å². The van der Waals surface area contributed by atoms with E-state index in [-0.39, 0.29) is 5.41 Å². The molecule has 1 aromatic carbocycles. The highest BCUT2D eigenvalue weighted by atomic mass is 16.5. The second kappa shape index (κ2) is 6.46. The molecule has 0 saturated heterocycles. The summed E-state index contributed by atoms with van der Waals surface area (Å²) in [6.45, 7) is 4.97. The fourth-order valence-corrected chi connectivity index (χ4v) is 2.79. The first-order valence-corrected chi connectivity index (χ1v) is 7.08. The van der Waals surface area contributed by atoms with Gasteiger partial charge in [-0.2, -0.15) is 0 Å². The number of nitrogens with one attached hydrogen (secondary N) is 1. The Morgan fingerprint density at radius 1 is 1.25 bits per heavy atom. The van der Waals surface area contributed by atoms with Gasteiger partial charge in [-0.1, -0.05) is 6.92 Å². The minimum Gasteiger partial charge on any atom is -0.497 e. The molecule has 1 aromatic rings. The summed E-state index contributed by atoms with van der Waals surface area (Å²) in [7, 11) is 5.15. The first kappa shape index (κ1) is 15.1. The highest BCUT2D eigenvalue weighted by Gasteiger charge is 2.52. The highest BCUT2D eigenvalue weighted by molar-refractivity contribution is 5.48. The van der Waals surface area contributed by atoms with Crippen molar-refractivity contribution in [1.29, 1.82) is 0 Å². The molecule has 0 spiro atoms. The van der Waals surface area contributed by atoms with Crippen LogP contribution in [0.25, 0.3) is 0 Å². The van der Waals surface area contributed by atoms with Crippen LogP contribution in [0.15, 0.2) is 18.2 Å². The number of hydrogen-bond donors (Lipinski definition) is 1. The minimum absolute atomic E-state index is 0.181. The predicted molar refractivity (Wildman–Crippen MR) is 79.8 cm³/mol. The molecule has 4 heteroatoms. The quantitative estimate of drug-likeness (QED) is 0.741. The number of methoxy groups -OCH3 is 3. The van der Waals surface area contributed by atoms with Crippen molar-refractivity contribution >= 4 is 0 Å². The van der Waals surface area contributed by atoms with E-state index in [0.717, 1.165) is 31.2 Å². The largest absolute Gasteiger partial charge is 0.497 e. The van der Waals surface area contributed by atoms with Crippen molar-refractivity contribution in [2.45, 2.75) is 18.8 Å². The normalized spacial score (nSPS) is 24.5. The van der Waals surface area contributed by atoms with Gasteiger partial charge in [-0.15, -0.1) is 0 Å². The SMILES string of the molecule is COCCNCC1CC1(C)c1cc(OC)ccc1OC. The van der Waals surface area contributed by atoms with E-state index in [4.69, 9.17) is 14.2 Å². The molecule has 1 fully saturated rings. The zero-order chi connectivity index (χ0) is 14.6. The summed E-state index contributed by atoms with van der Waals surface area (Å²) in [4.78, 5) is 0. The van der Waals surface area contributed by atoms with E-state index >= 15 is 0 Å². The number of benzene rings is 1. The molecular weight excluding hydrogens is 254 g/mol. The van der Waals surface area contributed by atoms with Gasteiger partial charge in [0.25, 0.3) is 0 Å². The molecule has 0 bridgehead atoms. The van der Waals surface area contributed by atoms with Gasteiger partial charge in [0.15, 0.2) is 0 Å². The van der Waals surface area contributed by atoms with Crippen molar-refractivity contribution in [3.63, 3.8) is 0 Å². The van der Waals surface area contributed by atoms with Crippen molar-refractivity contribution in [2.75, 3.05) is 41.0 Å². The summed E-state index contributed by atoms with van der Waals surface area (Å²) in [6, 6.07) is 6.04. The first-order valence-electron chi connectivity index (χ1n) is 7.08. The van der Waals surface area contributed by atoms with Gasteiger partial charge in [0.2, 0.25) is 0 Å². The third kappa shape index (κ3) is 3.07. The summed E-state index contributed by atoms with van der Waals surface area (Å²) in [5, 5.41) is 3.44. The number of ether oxygens (including phenoxy) is 3. The fraction of sp³-hybridized carbons (Fsp3) is 0.625. The molecule has 0 radical (unpaired) electrons. The molecule has 1 aliphatic rings. The molecule has 0 aromatic heterocycles. The van der Waals surface area contributed by atoms with Gasteiger partial charge >= 0.3 is 0 Å². The Kier molecular flexibility index (Phi) is 4.89. The van der Waals surface area contributed by atoms with Gasteiger partial charge in [0.05, 0.1) is 20.8 Å². The third-order valence-electron chi connectivity index (χ3n) is 4.31. The van der Waals surface area contributed by atoms with Crippen molar-refractivity contribution < 1.29 is 14.2 Å². The van der Waals surface area contributed by atoms with Gasteiger partial charge in [-0.3, -0.25) is 0 Å². The van der Waals surface area contributed by atoms with Crippen molar-refractivity contribution in [1.82, 2.24) is 5.32 Å². The first-order chi connectivity index (χ1) is 9.65. The smallest absolute Gasteiger partial charge is 0.122 e. The van der Waals surface area contributed by atoms with Gasteiger partial charge in [-0.05, 0) is 37.1 Å². The van der Waals surface area contributed by atoms with Gasteiger partial charge in [0, 0.05) is 24.6 Å². The Labute approximate surface area is 121 Å². The summed E-state index contributed by atoms with van der Waals surface area (Å²) < 4.78 is 15.9. The number of rotatable bonds is 8. The Bertz CT molecular complexity index is 449. The molecule has 112 valence electrons. The van der Waals surface area contributed by atoms with Gasteiger partial charge in [0.1, 0.15) is 11.5 Å². The molecule has 2 unspecified atom stereocenters. The molecule has 4 nitrogen and oxygen atoms in total. The summed E-state index contributed by atoms with van der Waals surface area (Å²) in [6.07, 6.45) is 1.18. The van der Waals surface area contributed by atoms with E-state index in [1.54, 1.807) is 21.3 Å². The van der Waals surface area contributed by atoms with Gasteiger partial charge in [-0.25, -0.2) is 0 Å². The van der Waals surface area contributed by atoms with E-state index in [2.05, 4.69) is 18.3 Å². The third-order valence-corrected chi connectivity index (χ3v) is 4.31. The average molecular weight is 279 g/mol. The van der Waals surface area contributed by atoms with Crippen molar-refractivity contribution in [3.05, 3.63) is 23.8 Å². The molecule has 0 aliphatic heterocycles. The van der Waals surface area contributed by atoms with E-state index in [1.165, 1.54) is 12.0 Å². The lowest BCUT2D eigenvalue weighted by molar-refractivity contribution is 0.199. The predicted octanol–water partition coefficient (Wildman–Crippen LogP) is 2.22. The second-order valence-electron chi connectivity index (χ2n) is 5.58. The van der Waals surface area contributed by atoms with E-state index in [1.807, 2.05) is 12.1 Å². The standard InChI is InChI=1S/C16H25NO3/c1-16(10-12(16)11-17-7-8-18-2)14-9-13(19-3)5-6-15(14)20-4/h5-6,9,12,17H,7-8,10-11H2,1-4H3. The monoisotopic (exact) mass is 279 g/mol. The lowest BCUT2D eigenvalue weighted by atomic mass is 9.94. The molecule has 2 atom stereocenters. The van der Waals surface area contributed by atoms with Crippen molar-refractivity contribution in [3.8, 4) is 11.5 Å². The topological polar surface area (TPSA) is 39.7 Å². The van der Waals surface area contributed by atoms with Crippen LogP contribution in [-0.4, -0.2) is 41.0 Å². The van der Waals surface area contributed by atoms with Crippen molar-refractivity contribution in [2.24, 2.45) is 5.92 Å². The molecule has 2 rings (SSSR count). The van der Waals surface area contributed by atoms with Crippen LogP contribution in [0.3, 0.4) is 0 Å². The van der Waals surface area contributed by atoms with Crippen LogP contribution >= 0.6 is 0 Å². The maximum Gasteiger partial charge on any atom is 0.122 e. The van der Waals surface area contributed by atoms with Crippen LogP contribution in [0.1, 0.15) is 18.9 Å². The van der Waals surface area contributed by atoms with Crippen LogP contribution < -0.4 is 14.8 Å². The maximum absolute atomic E-state index is 5.51. The van der Waals surface area contributed by atoms with Crippen LogP contribution in [0.5, 0.6) is 11.5 Å². The molecule has 0 heterocycles. The summed E-state index contributed by atoms with van der Waals surface area (Å²) >= 11 is 0. The van der Waals surface area contributed by atoms with Crippen LogP contribution in [0, 0.1) is 5.92 Å². The lowest BCUT2D eigenvalue weighted by Crippen LogP contribution is -2.24. The minimum atomic E-state index is 0.181. The number of hydrogen-bond acceptors (Lipinski definition) is 4. The van der Waals surface area contributed by atoms with Crippen LogP contribution in [0.4, 0.5) is 0 Å². The average Bonchev–Trinajstić information content (AvgIpc) is 3.15. The zero-order valence-corrected chi connectivity index (χ0v) is 12.9. The molecule has 20 heavy (non-hydrogen) atoms. The Morgan fingerprint density at radius 3 is 2.70 bits per heavy atom. The second-order valence-corrected chi connectivity index (χ2v) is 5.58.